The summed E-state index contributed by atoms with van der Waals surface area (Å²) in [6, 6.07) is 6.21. The van der Waals surface area contributed by atoms with Crippen LogP contribution in [0.4, 0.5) is 0 Å². The van der Waals surface area contributed by atoms with Gasteiger partial charge < -0.3 is 10.1 Å². The molecule has 0 unspecified atom stereocenters. The first-order chi connectivity index (χ1) is 6.94. The predicted octanol–water partition coefficient (Wildman–Crippen LogP) is 2.68. The van der Waals surface area contributed by atoms with Crippen LogP contribution in [0.2, 0.25) is 0 Å². The fourth-order valence-corrected chi connectivity index (χ4v) is 1.56. The van der Waals surface area contributed by atoms with Crippen LogP contribution in [0.15, 0.2) is 18.2 Å². The first kappa shape index (κ1) is 12.1. The standard InChI is InChI=1S/C13H21NO/c1-10-6-7-12(8-11(10)2)15-13(3,4)9-14-5/h6-8,14H,9H2,1-5H3. The van der Waals surface area contributed by atoms with E-state index < -0.39 is 0 Å². The molecule has 0 bridgehead atoms. The molecule has 84 valence electrons. The molecule has 0 saturated carbocycles. The molecule has 1 rings (SSSR count). The van der Waals surface area contributed by atoms with Gasteiger partial charge in [-0.15, -0.1) is 0 Å². The van der Waals surface area contributed by atoms with E-state index in [2.05, 4.69) is 45.1 Å². The van der Waals surface area contributed by atoms with Crippen molar-refractivity contribution in [3.63, 3.8) is 0 Å². The number of likely N-dealkylation sites (N-methyl/N-ethyl adjacent to an activating group) is 1. The molecule has 0 atom stereocenters. The lowest BCUT2D eigenvalue weighted by atomic mass is 10.1. The Labute approximate surface area is 92.6 Å². The minimum absolute atomic E-state index is 0.170. The molecule has 0 amide bonds. The molecular weight excluding hydrogens is 186 g/mol. The Balaban J connectivity index is 2.76. The van der Waals surface area contributed by atoms with Gasteiger partial charge in [-0.1, -0.05) is 6.07 Å². The van der Waals surface area contributed by atoms with E-state index >= 15 is 0 Å². The van der Waals surface area contributed by atoms with Crippen molar-refractivity contribution in [1.82, 2.24) is 5.32 Å². The van der Waals surface area contributed by atoms with Gasteiger partial charge in [0, 0.05) is 6.54 Å². The zero-order valence-electron chi connectivity index (χ0n) is 10.3. The van der Waals surface area contributed by atoms with Crippen LogP contribution >= 0.6 is 0 Å². The maximum absolute atomic E-state index is 5.92. The Morgan fingerprint density at radius 3 is 2.40 bits per heavy atom. The Morgan fingerprint density at radius 2 is 1.87 bits per heavy atom. The third kappa shape index (κ3) is 3.56. The van der Waals surface area contributed by atoms with Crippen molar-refractivity contribution >= 4 is 0 Å². The lowest BCUT2D eigenvalue weighted by Gasteiger charge is -2.26. The SMILES string of the molecule is CNCC(C)(C)Oc1ccc(C)c(C)c1. The highest BCUT2D eigenvalue weighted by atomic mass is 16.5. The first-order valence-corrected chi connectivity index (χ1v) is 5.35. The van der Waals surface area contributed by atoms with Crippen LogP contribution in [0.25, 0.3) is 0 Å². The second-order valence-electron chi connectivity index (χ2n) is 4.64. The van der Waals surface area contributed by atoms with E-state index in [1.165, 1.54) is 11.1 Å². The fourth-order valence-electron chi connectivity index (χ4n) is 1.56. The summed E-state index contributed by atoms with van der Waals surface area (Å²) in [6.07, 6.45) is 0. The average molecular weight is 207 g/mol. The Bertz CT molecular complexity index is 331. The van der Waals surface area contributed by atoms with Gasteiger partial charge in [-0.05, 0) is 58.0 Å². The van der Waals surface area contributed by atoms with Crippen molar-refractivity contribution in [2.45, 2.75) is 33.3 Å². The van der Waals surface area contributed by atoms with Gasteiger partial charge in [-0.3, -0.25) is 0 Å². The normalized spacial score (nSPS) is 11.5. The number of hydrogen-bond donors (Lipinski definition) is 1. The van der Waals surface area contributed by atoms with Crippen molar-refractivity contribution in [2.24, 2.45) is 0 Å². The number of benzene rings is 1. The maximum Gasteiger partial charge on any atom is 0.120 e. The molecule has 0 aliphatic heterocycles. The second kappa shape index (κ2) is 4.67. The van der Waals surface area contributed by atoms with E-state index in [4.69, 9.17) is 4.74 Å². The molecule has 1 aromatic rings. The zero-order valence-corrected chi connectivity index (χ0v) is 10.3. The maximum atomic E-state index is 5.92. The molecule has 15 heavy (non-hydrogen) atoms. The molecule has 1 aromatic carbocycles. The van der Waals surface area contributed by atoms with Crippen LogP contribution in [-0.2, 0) is 0 Å². The van der Waals surface area contributed by atoms with Crippen molar-refractivity contribution in [2.75, 3.05) is 13.6 Å². The molecule has 2 nitrogen and oxygen atoms in total. The minimum atomic E-state index is -0.170. The molecule has 0 aliphatic carbocycles. The van der Waals surface area contributed by atoms with Crippen LogP contribution in [0.1, 0.15) is 25.0 Å². The number of hydrogen-bond acceptors (Lipinski definition) is 2. The zero-order chi connectivity index (χ0) is 11.5. The number of rotatable bonds is 4. The highest BCUT2D eigenvalue weighted by Gasteiger charge is 2.18. The minimum Gasteiger partial charge on any atom is -0.487 e. The molecule has 1 N–H and O–H groups in total. The summed E-state index contributed by atoms with van der Waals surface area (Å²) >= 11 is 0. The van der Waals surface area contributed by atoms with E-state index in [0.717, 1.165) is 12.3 Å². The van der Waals surface area contributed by atoms with Crippen molar-refractivity contribution in [3.05, 3.63) is 29.3 Å². The highest BCUT2D eigenvalue weighted by Crippen LogP contribution is 2.21. The second-order valence-corrected chi connectivity index (χ2v) is 4.64. The summed E-state index contributed by atoms with van der Waals surface area (Å²) in [7, 11) is 1.94. The molecule has 0 aromatic heterocycles. The molecule has 2 heteroatoms. The molecule has 0 saturated heterocycles. The molecule has 0 aliphatic rings. The summed E-state index contributed by atoms with van der Waals surface area (Å²) in [5.74, 6) is 0.943. The van der Waals surface area contributed by atoms with Crippen LogP contribution in [0, 0.1) is 13.8 Å². The van der Waals surface area contributed by atoms with Gasteiger partial charge in [-0.2, -0.15) is 0 Å². The summed E-state index contributed by atoms with van der Waals surface area (Å²) in [4.78, 5) is 0. The lowest BCUT2D eigenvalue weighted by Crippen LogP contribution is -2.38. The van der Waals surface area contributed by atoms with E-state index in [0.29, 0.717) is 0 Å². The van der Waals surface area contributed by atoms with Gasteiger partial charge in [0.1, 0.15) is 11.4 Å². The summed E-state index contributed by atoms with van der Waals surface area (Å²) < 4.78 is 5.92. The van der Waals surface area contributed by atoms with E-state index in [1.807, 2.05) is 13.1 Å². The van der Waals surface area contributed by atoms with Crippen LogP contribution in [0.5, 0.6) is 5.75 Å². The van der Waals surface area contributed by atoms with Crippen LogP contribution in [-0.4, -0.2) is 19.2 Å². The Hall–Kier alpha value is -1.02. The lowest BCUT2D eigenvalue weighted by molar-refractivity contribution is 0.110. The monoisotopic (exact) mass is 207 g/mol. The van der Waals surface area contributed by atoms with E-state index in [1.54, 1.807) is 0 Å². The van der Waals surface area contributed by atoms with Gasteiger partial charge in [-0.25, -0.2) is 0 Å². The molecular formula is C13H21NO. The summed E-state index contributed by atoms with van der Waals surface area (Å²) in [5.41, 5.74) is 2.40. The van der Waals surface area contributed by atoms with Gasteiger partial charge in [0.15, 0.2) is 0 Å². The smallest absolute Gasteiger partial charge is 0.120 e. The average Bonchev–Trinajstić information content (AvgIpc) is 2.10. The number of ether oxygens (including phenoxy) is 1. The first-order valence-electron chi connectivity index (χ1n) is 5.35. The largest absolute Gasteiger partial charge is 0.487 e. The fraction of sp³-hybridized carbons (Fsp3) is 0.538. The summed E-state index contributed by atoms with van der Waals surface area (Å²) in [5, 5.41) is 3.13. The number of nitrogens with one attached hydrogen (secondary N) is 1. The number of aryl methyl sites for hydroxylation is 2. The third-order valence-corrected chi connectivity index (χ3v) is 2.48. The Kier molecular flexibility index (Phi) is 3.75. The van der Waals surface area contributed by atoms with Crippen LogP contribution in [0.3, 0.4) is 0 Å². The molecule has 0 fully saturated rings. The van der Waals surface area contributed by atoms with Crippen molar-refractivity contribution < 1.29 is 4.74 Å². The van der Waals surface area contributed by atoms with Crippen molar-refractivity contribution in [1.29, 1.82) is 0 Å². The van der Waals surface area contributed by atoms with Gasteiger partial charge in [0.2, 0.25) is 0 Å². The highest BCUT2D eigenvalue weighted by molar-refractivity contribution is 5.34. The predicted molar refractivity (Wildman–Crippen MR) is 64.5 cm³/mol. The van der Waals surface area contributed by atoms with E-state index in [9.17, 15) is 0 Å². The Morgan fingerprint density at radius 1 is 1.20 bits per heavy atom. The molecule has 0 radical (unpaired) electrons. The van der Waals surface area contributed by atoms with Gasteiger partial charge in [0.05, 0.1) is 0 Å². The van der Waals surface area contributed by atoms with Crippen LogP contribution < -0.4 is 10.1 Å². The van der Waals surface area contributed by atoms with Crippen molar-refractivity contribution in [3.8, 4) is 5.75 Å². The molecule has 0 heterocycles. The van der Waals surface area contributed by atoms with E-state index in [-0.39, 0.29) is 5.60 Å². The van der Waals surface area contributed by atoms with Gasteiger partial charge >= 0.3 is 0 Å². The molecule has 0 spiro atoms. The van der Waals surface area contributed by atoms with Gasteiger partial charge in [0.25, 0.3) is 0 Å². The quantitative estimate of drug-likeness (QED) is 0.819. The topological polar surface area (TPSA) is 21.3 Å². The third-order valence-electron chi connectivity index (χ3n) is 2.48. The summed E-state index contributed by atoms with van der Waals surface area (Å²) in [6.45, 7) is 9.21.